The minimum Gasteiger partial charge on any atom is -0.454 e. The van der Waals surface area contributed by atoms with Crippen LogP contribution >= 0.6 is 0 Å². The number of nitrogens with one attached hydrogen (secondary N) is 1. The second-order valence-electron chi connectivity index (χ2n) is 9.49. The van der Waals surface area contributed by atoms with E-state index in [4.69, 9.17) is 9.47 Å². The SMILES string of the molecule is O=C(CC(c1ccc2c(c1)OCO2)c1cnc2ccccn12)NCCC(c1ccccc1)c1ccccc1. The van der Waals surface area contributed by atoms with Crippen LogP contribution in [0.3, 0.4) is 0 Å². The highest BCUT2D eigenvalue weighted by molar-refractivity contribution is 5.77. The third kappa shape index (κ3) is 4.98. The fourth-order valence-corrected chi connectivity index (χ4v) is 5.24. The Morgan fingerprint density at radius 3 is 2.29 bits per heavy atom. The van der Waals surface area contributed by atoms with Gasteiger partial charge in [-0.1, -0.05) is 72.8 Å². The number of ether oxygens (including phenoxy) is 2. The Hall–Kier alpha value is -4.58. The van der Waals surface area contributed by atoms with Crippen molar-refractivity contribution in [2.45, 2.75) is 24.7 Å². The number of rotatable bonds is 9. The Labute approximate surface area is 221 Å². The Kier molecular flexibility index (Phi) is 6.77. The molecule has 3 aromatic carbocycles. The van der Waals surface area contributed by atoms with Crippen LogP contribution in [0.4, 0.5) is 0 Å². The maximum Gasteiger partial charge on any atom is 0.231 e. The molecule has 0 fully saturated rings. The number of hydrogen-bond donors (Lipinski definition) is 1. The summed E-state index contributed by atoms with van der Waals surface area (Å²) in [6.45, 7) is 0.790. The Balaban J connectivity index is 1.21. The van der Waals surface area contributed by atoms with Crippen LogP contribution in [0, 0.1) is 0 Å². The summed E-state index contributed by atoms with van der Waals surface area (Å²) < 4.78 is 13.2. The highest BCUT2D eigenvalue weighted by Crippen LogP contribution is 2.38. The lowest BCUT2D eigenvalue weighted by Crippen LogP contribution is -2.27. The average molecular weight is 504 g/mol. The molecule has 1 amide bonds. The maximum absolute atomic E-state index is 13.3. The molecule has 2 aromatic heterocycles. The molecular weight excluding hydrogens is 474 g/mol. The minimum atomic E-state index is -0.194. The van der Waals surface area contributed by atoms with Gasteiger partial charge in [0.15, 0.2) is 11.5 Å². The van der Waals surface area contributed by atoms with E-state index >= 15 is 0 Å². The molecule has 0 aliphatic carbocycles. The number of fused-ring (bicyclic) bond motifs is 2. The van der Waals surface area contributed by atoms with E-state index < -0.39 is 0 Å². The predicted octanol–water partition coefficient (Wildman–Crippen LogP) is 5.92. The molecule has 190 valence electrons. The number of aromatic nitrogens is 2. The summed E-state index contributed by atoms with van der Waals surface area (Å²) in [6, 6.07) is 32.7. The second kappa shape index (κ2) is 10.8. The molecular formula is C32H29N3O3. The second-order valence-corrected chi connectivity index (χ2v) is 9.49. The average Bonchev–Trinajstić information content (AvgIpc) is 3.62. The van der Waals surface area contributed by atoms with E-state index in [2.05, 4.69) is 58.8 Å². The lowest BCUT2D eigenvalue weighted by atomic mass is 9.88. The topological polar surface area (TPSA) is 64.9 Å². The number of carbonyl (C=O) groups excluding carboxylic acids is 1. The van der Waals surface area contributed by atoms with E-state index in [0.717, 1.165) is 29.1 Å². The Bertz CT molecular complexity index is 1490. The number of pyridine rings is 1. The number of hydrogen-bond acceptors (Lipinski definition) is 4. The van der Waals surface area contributed by atoms with Gasteiger partial charge in [0.1, 0.15) is 5.65 Å². The first-order valence-corrected chi connectivity index (χ1v) is 12.9. The summed E-state index contributed by atoms with van der Waals surface area (Å²) in [4.78, 5) is 17.9. The first-order chi connectivity index (χ1) is 18.8. The van der Waals surface area contributed by atoms with Crippen LogP contribution in [-0.4, -0.2) is 28.6 Å². The highest BCUT2D eigenvalue weighted by atomic mass is 16.7. The van der Waals surface area contributed by atoms with Gasteiger partial charge in [-0.3, -0.25) is 4.79 Å². The lowest BCUT2D eigenvalue weighted by molar-refractivity contribution is -0.121. The van der Waals surface area contributed by atoms with Gasteiger partial charge in [0, 0.05) is 37.2 Å². The first-order valence-electron chi connectivity index (χ1n) is 12.9. The number of imidazole rings is 1. The largest absolute Gasteiger partial charge is 0.454 e. The summed E-state index contributed by atoms with van der Waals surface area (Å²) in [5.41, 5.74) is 5.29. The molecule has 5 aromatic rings. The van der Waals surface area contributed by atoms with Gasteiger partial charge >= 0.3 is 0 Å². The van der Waals surface area contributed by atoms with Gasteiger partial charge in [-0.25, -0.2) is 4.98 Å². The number of benzene rings is 3. The van der Waals surface area contributed by atoms with Crippen LogP contribution in [0.15, 0.2) is 109 Å². The van der Waals surface area contributed by atoms with Crippen molar-refractivity contribution in [1.29, 1.82) is 0 Å². The molecule has 38 heavy (non-hydrogen) atoms. The molecule has 0 saturated heterocycles. The summed E-state index contributed by atoms with van der Waals surface area (Å²) in [7, 11) is 0. The van der Waals surface area contributed by atoms with E-state index in [1.54, 1.807) is 0 Å². The molecule has 1 atom stereocenters. The van der Waals surface area contributed by atoms with E-state index in [0.29, 0.717) is 18.7 Å². The molecule has 0 spiro atoms. The van der Waals surface area contributed by atoms with Gasteiger partial charge in [0.25, 0.3) is 0 Å². The minimum absolute atomic E-state index is 0.00146. The van der Waals surface area contributed by atoms with Crippen LogP contribution in [0.5, 0.6) is 11.5 Å². The molecule has 0 bridgehead atoms. The lowest BCUT2D eigenvalue weighted by Gasteiger charge is -2.20. The number of amides is 1. The van der Waals surface area contributed by atoms with E-state index in [9.17, 15) is 4.79 Å². The van der Waals surface area contributed by atoms with Crippen molar-refractivity contribution in [2.75, 3.05) is 13.3 Å². The molecule has 0 radical (unpaired) electrons. The third-order valence-electron chi connectivity index (χ3n) is 7.15. The van der Waals surface area contributed by atoms with Gasteiger partial charge in [-0.15, -0.1) is 0 Å². The molecule has 1 aliphatic rings. The quantitative estimate of drug-likeness (QED) is 0.271. The highest BCUT2D eigenvalue weighted by Gasteiger charge is 2.25. The molecule has 3 heterocycles. The van der Waals surface area contributed by atoms with Crippen LogP contribution < -0.4 is 14.8 Å². The van der Waals surface area contributed by atoms with Crippen molar-refractivity contribution in [3.05, 3.63) is 132 Å². The summed E-state index contributed by atoms with van der Waals surface area (Å²) in [5.74, 6) is 1.44. The molecule has 1 aliphatic heterocycles. The summed E-state index contributed by atoms with van der Waals surface area (Å²) in [6.07, 6.45) is 4.95. The summed E-state index contributed by atoms with van der Waals surface area (Å²) >= 11 is 0. The van der Waals surface area contributed by atoms with E-state index in [1.807, 2.05) is 65.3 Å². The van der Waals surface area contributed by atoms with Crippen LogP contribution in [0.2, 0.25) is 0 Å². The van der Waals surface area contributed by atoms with Crippen LogP contribution in [0.1, 0.15) is 47.1 Å². The summed E-state index contributed by atoms with van der Waals surface area (Å²) in [5, 5.41) is 3.19. The van der Waals surface area contributed by atoms with Gasteiger partial charge in [0.2, 0.25) is 12.7 Å². The van der Waals surface area contributed by atoms with E-state index in [-0.39, 0.29) is 24.5 Å². The van der Waals surface area contributed by atoms with Crippen molar-refractivity contribution in [1.82, 2.24) is 14.7 Å². The molecule has 1 unspecified atom stereocenters. The fourth-order valence-electron chi connectivity index (χ4n) is 5.24. The van der Waals surface area contributed by atoms with Gasteiger partial charge in [0.05, 0.1) is 5.69 Å². The molecule has 6 nitrogen and oxygen atoms in total. The first kappa shape index (κ1) is 23.8. The predicted molar refractivity (Wildman–Crippen MR) is 147 cm³/mol. The van der Waals surface area contributed by atoms with Crippen molar-refractivity contribution in [3.63, 3.8) is 0 Å². The Morgan fingerprint density at radius 2 is 1.53 bits per heavy atom. The molecule has 6 heteroatoms. The Morgan fingerprint density at radius 1 is 0.816 bits per heavy atom. The zero-order chi connectivity index (χ0) is 25.7. The number of carbonyl (C=O) groups is 1. The third-order valence-corrected chi connectivity index (χ3v) is 7.15. The fraction of sp³-hybridized carbons (Fsp3) is 0.188. The van der Waals surface area contributed by atoms with Crippen molar-refractivity contribution < 1.29 is 14.3 Å². The molecule has 1 N–H and O–H groups in total. The van der Waals surface area contributed by atoms with Crippen molar-refractivity contribution in [3.8, 4) is 11.5 Å². The molecule has 0 saturated carbocycles. The van der Waals surface area contributed by atoms with E-state index in [1.165, 1.54) is 11.1 Å². The van der Waals surface area contributed by atoms with Gasteiger partial charge < -0.3 is 19.2 Å². The van der Waals surface area contributed by atoms with Crippen LogP contribution in [-0.2, 0) is 4.79 Å². The monoisotopic (exact) mass is 503 g/mol. The standard InChI is InChI=1S/C32H29N3O3/c36-32(33-17-16-26(23-9-3-1-4-10-23)24-11-5-2-6-12-24)20-27(25-14-15-29-30(19-25)38-22-37-29)28-21-34-31-13-7-8-18-35(28)31/h1-15,18-19,21,26-27H,16-17,20,22H2,(H,33,36). The zero-order valence-corrected chi connectivity index (χ0v) is 21.0. The normalized spacial score (nSPS) is 13.1. The number of nitrogens with zero attached hydrogens (tertiary/aromatic N) is 2. The van der Waals surface area contributed by atoms with Crippen molar-refractivity contribution >= 4 is 11.6 Å². The van der Waals surface area contributed by atoms with Crippen LogP contribution in [0.25, 0.3) is 5.65 Å². The molecule has 6 rings (SSSR count). The zero-order valence-electron chi connectivity index (χ0n) is 21.0. The smallest absolute Gasteiger partial charge is 0.231 e. The van der Waals surface area contributed by atoms with Crippen molar-refractivity contribution in [2.24, 2.45) is 0 Å². The van der Waals surface area contributed by atoms with Gasteiger partial charge in [-0.2, -0.15) is 0 Å². The van der Waals surface area contributed by atoms with Gasteiger partial charge in [-0.05, 0) is 47.4 Å². The maximum atomic E-state index is 13.3.